The van der Waals surface area contributed by atoms with Crippen molar-refractivity contribution in [2.24, 2.45) is 0 Å². The van der Waals surface area contributed by atoms with E-state index < -0.39 is 0 Å². The standard InChI is InChI=1S/C6H11N5/c1-9-6(8)3-4-11(5-7)10(9)2/h8H,3-4H2,1-2H3. The zero-order valence-electron chi connectivity index (χ0n) is 6.70. The minimum Gasteiger partial charge on any atom is -0.287 e. The van der Waals surface area contributed by atoms with Gasteiger partial charge in [0.05, 0.1) is 6.54 Å². The van der Waals surface area contributed by atoms with Crippen LogP contribution in [0.1, 0.15) is 6.42 Å². The summed E-state index contributed by atoms with van der Waals surface area (Å²) in [5.41, 5.74) is 0. The molecule has 0 aromatic carbocycles. The van der Waals surface area contributed by atoms with Crippen LogP contribution in [0.2, 0.25) is 0 Å². The van der Waals surface area contributed by atoms with Crippen molar-refractivity contribution in [1.29, 1.82) is 10.7 Å². The summed E-state index contributed by atoms with van der Waals surface area (Å²) in [6.45, 7) is 0.607. The van der Waals surface area contributed by atoms with Gasteiger partial charge in [-0.2, -0.15) is 5.26 Å². The maximum Gasteiger partial charge on any atom is 0.196 e. The second-order valence-corrected chi connectivity index (χ2v) is 2.43. The third-order valence-electron chi connectivity index (χ3n) is 1.85. The van der Waals surface area contributed by atoms with E-state index in [-0.39, 0.29) is 0 Å². The second kappa shape index (κ2) is 2.76. The van der Waals surface area contributed by atoms with Crippen LogP contribution >= 0.6 is 0 Å². The minimum absolute atomic E-state index is 0.541. The van der Waals surface area contributed by atoms with Gasteiger partial charge in [0.25, 0.3) is 0 Å². The highest BCUT2D eigenvalue weighted by Crippen LogP contribution is 2.07. The SMILES string of the molecule is CN1C(=N)CCN(C#N)N1C. The van der Waals surface area contributed by atoms with Crippen LogP contribution in [0.4, 0.5) is 0 Å². The zero-order chi connectivity index (χ0) is 8.43. The molecule has 0 unspecified atom stereocenters. The van der Waals surface area contributed by atoms with E-state index >= 15 is 0 Å². The lowest BCUT2D eigenvalue weighted by molar-refractivity contribution is -0.0910. The molecule has 0 amide bonds. The summed E-state index contributed by atoms with van der Waals surface area (Å²) in [4.78, 5) is 0. The summed E-state index contributed by atoms with van der Waals surface area (Å²) >= 11 is 0. The Morgan fingerprint density at radius 2 is 2.18 bits per heavy atom. The maximum absolute atomic E-state index is 8.60. The Kier molecular flexibility index (Phi) is 1.96. The topological polar surface area (TPSA) is 57.4 Å². The Labute approximate surface area is 65.9 Å². The predicted molar refractivity (Wildman–Crippen MR) is 40.2 cm³/mol. The van der Waals surface area contributed by atoms with Crippen LogP contribution in [0, 0.1) is 16.9 Å². The Morgan fingerprint density at radius 1 is 1.55 bits per heavy atom. The van der Waals surface area contributed by atoms with Gasteiger partial charge in [-0.15, -0.1) is 5.12 Å². The van der Waals surface area contributed by atoms with Gasteiger partial charge in [0.15, 0.2) is 6.19 Å². The molecule has 0 aromatic heterocycles. The van der Waals surface area contributed by atoms with Crippen LogP contribution in [0.15, 0.2) is 0 Å². The van der Waals surface area contributed by atoms with Crippen LogP contribution in [-0.2, 0) is 0 Å². The van der Waals surface area contributed by atoms with E-state index in [4.69, 9.17) is 10.7 Å². The maximum atomic E-state index is 8.60. The van der Waals surface area contributed by atoms with Crippen LogP contribution < -0.4 is 0 Å². The molecule has 5 heteroatoms. The van der Waals surface area contributed by atoms with Gasteiger partial charge in [0, 0.05) is 20.5 Å². The summed E-state index contributed by atoms with van der Waals surface area (Å²) in [5, 5.41) is 20.8. The van der Waals surface area contributed by atoms with E-state index in [1.807, 2.05) is 6.19 Å². The predicted octanol–water partition coefficient (Wildman–Crippen LogP) is -0.156. The summed E-state index contributed by atoms with van der Waals surface area (Å²) in [7, 11) is 3.53. The van der Waals surface area contributed by atoms with Crippen molar-refractivity contribution in [2.45, 2.75) is 6.42 Å². The average molecular weight is 153 g/mol. The van der Waals surface area contributed by atoms with E-state index in [1.165, 1.54) is 5.01 Å². The molecular weight excluding hydrogens is 142 g/mol. The van der Waals surface area contributed by atoms with Gasteiger partial charge in [-0.25, -0.2) is 5.01 Å². The van der Waals surface area contributed by atoms with Crippen LogP contribution in [0.25, 0.3) is 0 Å². The molecule has 0 bridgehead atoms. The molecule has 1 N–H and O–H groups in total. The molecule has 0 radical (unpaired) electrons. The van der Waals surface area contributed by atoms with Crippen molar-refractivity contribution >= 4 is 5.84 Å². The molecule has 0 aliphatic carbocycles. The molecule has 0 atom stereocenters. The van der Waals surface area contributed by atoms with E-state index in [2.05, 4.69) is 0 Å². The normalized spacial score (nSPS) is 20.3. The summed E-state index contributed by atoms with van der Waals surface area (Å²) < 4.78 is 0. The highest BCUT2D eigenvalue weighted by atomic mass is 15.9. The van der Waals surface area contributed by atoms with E-state index in [9.17, 15) is 0 Å². The lowest BCUT2D eigenvalue weighted by Crippen LogP contribution is -2.54. The van der Waals surface area contributed by atoms with E-state index in [0.717, 1.165) is 0 Å². The first-order valence-electron chi connectivity index (χ1n) is 3.39. The molecule has 0 saturated carbocycles. The Hall–Kier alpha value is -1.28. The fourth-order valence-corrected chi connectivity index (χ4v) is 0.970. The molecule has 60 valence electrons. The molecular formula is C6H11N5. The van der Waals surface area contributed by atoms with Crippen molar-refractivity contribution in [3.8, 4) is 6.19 Å². The van der Waals surface area contributed by atoms with Crippen molar-refractivity contribution < 1.29 is 0 Å². The largest absolute Gasteiger partial charge is 0.287 e. The molecule has 1 aliphatic heterocycles. The first-order valence-corrected chi connectivity index (χ1v) is 3.39. The quantitative estimate of drug-likeness (QED) is 0.491. The van der Waals surface area contributed by atoms with E-state index in [1.54, 1.807) is 24.2 Å². The summed E-state index contributed by atoms with van der Waals surface area (Å²) in [6.07, 6.45) is 2.66. The number of nitriles is 1. The van der Waals surface area contributed by atoms with Crippen LogP contribution in [-0.4, -0.2) is 41.6 Å². The number of amidine groups is 1. The number of hydrazine groups is 2. The van der Waals surface area contributed by atoms with Gasteiger partial charge in [-0.1, -0.05) is 0 Å². The molecule has 1 rings (SSSR count). The average Bonchev–Trinajstić information content (AvgIpc) is 2.01. The molecule has 1 heterocycles. The zero-order valence-corrected chi connectivity index (χ0v) is 6.70. The highest BCUT2D eigenvalue weighted by molar-refractivity contribution is 5.79. The minimum atomic E-state index is 0.541. The van der Waals surface area contributed by atoms with Crippen molar-refractivity contribution in [3.63, 3.8) is 0 Å². The Morgan fingerprint density at radius 3 is 2.73 bits per heavy atom. The molecule has 1 aliphatic rings. The summed E-state index contributed by atoms with van der Waals surface area (Å²) in [5.74, 6) is 0.541. The third kappa shape index (κ3) is 1.25. The Balaban J connectivity index is 2.68. The van der Waals surface area contributed by atoms with Gasteiger partial charge in [0.1, 0.15) is 5.84 Å². The van der Waals surface area contributed by atoms with Crippen molar-refractivity contribution in [1.82, 2.24) is 15.1 Å². The molecule has 1 fully saturated rings. The van der Waals surface area contributed by atoms with Gasteiger partial charge in [-0.05, 0) is 0 Å². The monoisotopic (exact) mass is 153 g/mol. The van der Waals surface area contributed by atoms with Gasteiger partial charge < -0.3 is 0 Å². The fraction of sp³-hybridized carbons (Fsp3) is 0.667. The molecule has 0 aromatic rings. The first-order chi connectivity index (χ1) is 5.16. The molecule has 11 heavy (non-hydrogen) atoms. The Bertz CT molecular complexity index is 206. The summed E-state index contributed by atoms with van der Waals surface area (Å²) in [6, 6.07) is 0. The number of nitrogens with zero attached hydrogens (tertiary/aromatic N) is 4. The van der Waals surface area contributed by atoms with Gasteiger partial charge >= 0.3 is 0 Å². The number of nitrogens with one attached hydrogen (secondary N) is 1. The fourth-order valence-electron chi connectivity index (χ4n) is 0.970. The number of rotatable bonds is 0. The number of hydrogen-bond donors (Lipinski definition) is 1. The third-order valence-corrected chi connectivity index (χ3v) is 1.85. The molecule has 0 spiro atoms. The second-order valence-electron chi connectivity index (χ2n) is 2.43. The van der Waals surface area contributed by atoms with E-state index in [0.29, 0.717) is 18.8 Å². The smallest absolute Gasteiger partial charge is 0.196 e. The highest BCUT2D eigenvalue weighted by Gasteiger charge is 2.22. The lowest BCUT2D eigenvalue weighted by atomic mass is 10.3. The lowest BCUT2D eigenvalue weighted by Gasteiger charge is -2.39. The van der Waals surface area contributed by atoms with Crippen LogP contribution in [0.3, 0.4) is 0 Å². The first kappa shape index (κ1) is 7.82. The van der Waals surface area contributed by atoms with Gasteiger partial charge in [0.2, 0.25) is 0 Å². The number of hydrogen-bond acceptors (Lipinski definition) is 4. The van der Waals surface area contributed by atoms with Crippen LogP contribution in [0.5, 0.6) is 0 Å². The van der Waals surface area contributed by atoms with Gasteiger partial charge in [-0.3, -0.25) is 10.4 Å². The van der Waals surface area contributed by atoms with Crippen molar-refractivity contribution in [2.75, 3.05) is 20.6 Å². The molecule has 1 saturated heterocycles. The molecule has 5 nitrogen and oxygen atoms in total. The van der Waals surface area contributed by atoms with Crippen molar-refractivity contribution in [3.05, 3.63) is 0 Å².